The van der Waals surface area contributed by atoms with Gasteiger partial charge in [-0.15, -0.1) is 0 Å². The summed E-state index contributed by atoms with van der Waals surface area (Å²) in [5, 5.41) is 14.1. The first-order valence-electron chi connectivity index (χ1n) is 7.92. The summed E-state index contributed by atoms with van der Waals surface area (Å²) in [6.45, 7) is 10.2. The van der Waals surface area contributed by atoms with Crippen LogP contribution in [-0.4, -0.2) is 41.0 Å². The Morgan fingerprint density at radius 2 is 1.78 bits per heavy atom. The fraction of sp³-hybridized carbons (Fsp3) is 0.812. The van der Waals surface area contributed by atoms with Crippen LogP contribution < -0.4 is 16.4 Å². The predicted octanol–water partition coefficient (Wildman–Crippen LogP) is 0.624. The Kier molecular flexibility index (Phi) is 5.79. The van der Waals surface area contributed by atoms with Gasteiger partial charge in [-0.25, -0.2) is 0 Å². The first-order chi connectivity index (χ1) is 10.3. The molecule has 3 atom stereocenters. The maximum atomic E-state index is 12.3. The number of carbonyl (C=O) groups excluding carboxylic acids is 2. The van der Waals surface area contributed by atoms with Gasteiger partial charge < -0.3 is 21.5 Å². The van der Waals surface area contributed by atoms with Crippen molar-refractivity contribution in [2.45, 2.75) is 72.0 Å². The SMILES string of the molecule is C[C@H](NC(=O)[C@@H](N)CC(=O)O)C(=O)NC1CC(C)(C)CC1(C)C. The highest BCUT2D eigenvalue weighted by atomic mass is 16.4. The molecule has 0 bridgehead atoms. The Balaban J connectivity index is 2.58. The number of nitrogens with two attached hydrogens (primary N) is 1. The summed E-state index contributed by atoms with van der Waals surface area (Å²) in [6.07, 6.45) is 1.42. The summed E-state index contributed by atoms with van der Waals surface area (Å²) in [5.41, 5.74) is 5.64. The second-order valence-electron chi connectivity index (χ2n) is 8.03. The molecule has 0 aliphatic heterocycles. The van der Waals surface area contributed by atoms with Crippen molar-refractivity contribution < 1.29 is 19.5 Å². The van der Waals surface area contributed by atoms with Gasteiger partial charge in [0.25, 0.3) is 0 Å². The zero-order valence-electron chi connectivity index (χ0n) is 14.6. The van der Waals surface area contributed by atoms with Crippen LogP contribution >= 0.6 is 0 Å². The molecule has 1 aliphatic rings. The van der Waals surface area contributed by atoms with Crippen molar-refractivity contribution in [3.8, 4) is 0 Å². The number of nitrogens with one attached hydrogen (secondary N) is 2. The van der Waals surface area contributed by atoms with Gasteiger partial charge in [0, 0.05) is 6.04 Å². The van der Waals surface area contributed by atoms with Crippen LogP contribution in [-0.2, 0) is 14.4 Å². The molecule has 23 heavy (non-hydrogen) atoms. The third-order valence-corrected chi connectivity index (χ3v) is 4.43. The zero-order chi connectivity index (χ0) is 18.0. The summed E-state index contributed by atoms with van der Waals surface area (Å²) in [5.74, 6) is -2.07. The molecule has 7 nitrogen and oxygen atoms in total. The molecule has 0 aromatic carbocycles. The average Bonchev–Trinajstić information content (AvgIpc) is 2.55. The number of carboxylic acids is 1. The standard InChI is InChI=1S/C16H29N3O4/c1-9(18-14(23)10(17)6-12(20)21)13(22)19-11-7-15(2,3)8-16(11,4)5/h9-11H,6-8,17H2,1-5H3,(H,18,23)(H,19,22)(H,20,21)/t9-,10-,11?/m0/s1. The molecule has 0 heterocycles. The lowest BCUT2D eigenvalue weighted by atomic mass is 9.84. The molecule has 0 aromatic heterocycles. The van der Waals surface area contributed by atoms with Crippen LogP contribution in [0.25, 0.3) is 0 Å². The van der Waals surface area contributed by atoms with Crippen molar-refractivity contribution >= 4 is 17.8 Å². The first kappa shape index (κ1) is 19.4. The molecule has 1 rings (SSSR count). The summed E-state index contributed by atoms with van der Waals surface area (Å²) < 4.78 is 0. The van der Waals surface area contributed by atoms with Crippen molar-refractivity contribution in [3.05, 3.63) is 0 Å². The number of carboxylic acid groups (broad SMARTS) is 1. The predicted molar refractivity (Wildman–Crippen MR) is 86.6 cm³/mol. The van der Waals surface area contributed by atoms with Crippen LogP contribution in [0.2, 0.25) is 0 Å². The van der Waals surface area contributed by atoms with E-state index < -0.39 is 30.4 Å². The third kappa shape index (κ3) is 5.49. The molecule has 1 aliphatic carbocycles. The van der Waals surface area contributed by atoms with Gasteiger partial charge in [-0.3, -0.25) is 14.4 Å². The molecule has 1 fully saturated rings. The van der Waals surface area contributed by atoms with Crippen LogP contribution in [0.5, 0.6) is 0 Å². The number of rotatable bonds is 6. The van der Waals surface area contributed by atoms with Crippen molar-refractivity contribution in [1.29, 1.82) is 0 Å². The van der Waals surface area contributed by atoms with Gasteiger partial charge in [-0.05, 0) is 30.6 Å². The molecule has 2 amide bonds. The van der Waals surface area contributed by atoms with E-state index >= 15 is 0 Å². The van der Waals surface area contributed by atoms with Crippen LogP contribution in [0.15, 0.2) is 0 Å². The van der Waals surface area contributed by atoms with Crippen LogP contribution in [0.3, 0.4) is 0 Å². The Morgan fingerprint density at radius 1 is 1.22 bits per heavy atom. The first-order valence-corrected chi connectivity index (χ1v) is 7.92. The van der Waals surface area contributed by atoms with Gasteiger partial charge in [0.1, 0.15) is 6.04 Å². The summed E-state index contributed by atoms with van der Waals surface area (Å²) in [4.78, 5) is 34.6. The van der Waals surface area contributed by atoms with E-state index in [9.17, 15) is 14.4 Å². The lowest BCUT2D eigenvalue weighted by Crippen LogP contribution is -2.53. The molecule has 0 spiro atoms. The van der Waals surface area contributed by atoms with E-state index in [1.54, 1.807) is 6.92 Å². The average molecular weight is 327 g/mol. The number of aliphatic carboxylic acids is 1. The second kappa shape index (κ2) is 6.86. The molecule has 1 unspecified atom stereocenters. The van der Waals surface area contributed by atoms with Crippen molar-refractivity contribution in [2.24, 2.45) is 16.6 Å². The van der Waals surface area contributed by atoms with E-state index in [1.807, 2.05) is 0 Å². The minimum atomic E-state index is -1.16. The topological polar surface area (TPSA) is 122 Å². The summed E-state index contributed by atoms with van der Waals surface area (Å²) >= 11 is 0. The minimum Gasteiger partial charge on any atom is -0.481 e. The van der Waals surface area contributed by atoms with Gasteiger partial charge in [0.15, 0.2) is 0 Å². The smallest absolute Gasteiger partial charge is 0.305 e. The number of amides is 2. The van der Waals surface area contributed by atoms with Gasteiger partial charge in [0.2, 0.25) is 11.8 Å². The Morgan fingerprint density at radius 3 is 2.22 bits per heavy atom. The molecule has 0 radical (unpaired) electrons. The van der Waals surface area contributed by atoms with Crippen LogP contribution in [0.1, 0.15) is 53.9 Å². The molecular weight excluding hydrogens is 298 g/mol. The Hall–Kier alpha value is -1.63. The van der Waals surface area contributed by atoms with Crippen LogP contribution in [0.4, 0.5) is 0 Å². The molecule has 7 heteroatoms. The summed E-state index contributed by atoms with van der Waals surface area (Å²) in [6, 6.07) is -1.89. The van der Waals surface area contributed by atoms with Crippen molar-refractivity contribution in [3.63, 3.8) is 0 Å². The minimum absolute atomic E-state index is 0.0113. The quantitative estimate of drug-likeness (QED) is 0.570. The highest BCUT2D eigenvalue weighted by Gasteiger charge is 2.45. The fourth-order valence-corrected chi connectivity index (χ4v) is 3.47. The van der Waals surface area contributed by atoms with Crippen molar-refractivity contribution in [1.82, 2.24) is 10.6 Å². The number of hydrogen-bond donors (Lipinski definition) is 4. The van der Waals surface area contributed by atoms with Gasteiger partial charge in [0.05, 0.1) is 12.5 Å². The highest BCUT2D eigenvalue weighted by Crippen LogP contribution is 2.48. The third-order valence-electron chi connectivity index (χ3n) is 4.43. The highest BCUT2D eigenvalue weighted by molar-refractivity contribution is 5.91. The number of hydrogen-bond acceptors (Lipinski definition) is 4. The maximum absolute atomic E-state index is 12.3. The largest absolute Gasteiger partial charge is 0.481 e. The van der Waals surface area contributed by atoms with Crippen LogP contribution in [0, 0.1) is 10.8 Å². The van der Waals surface area contributed by atoms with E-state index in [0.717, 1.165) is 12.8 Å². The molecule has 0 saturated heterocycles. The van der Waals surface area contributed by atoms with E-state index in [4.69, 9.17) is 10.8 Å². The molecule has 0 aromatic rings. The Labute approximate surface area is 137 Å². The monoisotopic (exact) mass is 327 g/mol. The van der Waals surface area contributed by atoms with Gasteiger partial charge in [-0.1, -0.05) is 27.7 Å². The van der Waals surface area contributed by atoms with E-state index in [1.165, 1.54) is 0 Å². The lowest BCUT2D eigenvalue weighted by Gasteiger charge is -2.29. The Bertz CT molecular complexity index is 488. The lowest BCUT2D eigenvalue weighted by molar-refractivity contribution is -0.139. The van der Waals surface area contributed by atoms with Crippen molar-refractivity contribution in [2.75, 3.05) is 0 Å². The molecule has 1 saturated carbocycles. The van der Waals surface area contributed by atoms with E-state index in [-0.39, 0.29) is 22.8 Å². The molecule has 5 N–H and O–H groups in total. The normalized spacial score (nSPS) is 24.5. The number of carbonyl (C=O) groups is 3. The summed E-state index contributed by atoms with van der Waals surface area (Å²) in [7, 11) is 0. The van der Waals surface area contributed by atoms with E-state index in [2.05, 4.69) is 38.3 Å². The van der Waals surface area contributed by atoms with Gasteiger partial charge in [-0.2, -0.15) is 0 Å². The second-order valence-corrected chi connectivity index (χ2v) is 8.03. The molecule has 132 valence electrons. The molecular formula is C16H29N3O4. The zero-order valence-corrected chi connectivity index (χ0v) is 14.6. The fourth-order valence-electron chi connectivity index (χ4n) is 3.47. The van der Waals surface area contributed by atoms with E-state index in [0.29, 0.717) is 0 Å². The van der Waals surface area contributed by atoms with Gasteiger partial charge >= 0.3 is 5.97 Å². The maximum Gasteiger partial charge on any atom is 0.305 e.